The van der Waals surface area contributed by atoms with E-state index in [9.17, 15) is 8.78 Å². The lowest BCUT2D eigenvalue weighted by Crippen LogP contribution is -1.93. The van der Waals surface area contributed by atoms with Gasteiger partial charge in [-0.1, -0.05) is 12.1 Å². The molecule has 2 nitrogen and oxygen atoms in total. The van der Waals surface area contributed by atoms with Crippen molar-refractivity contribution in [3.05, 3.63) is 53.9 Å². The van der Waals surface area contributed by atoms with E-state index in [-0.39, 0.29) is 12.2 Å². The quantitative estimate of drug-likeness (QED) is 0.743. The number of hydrogen-bond donors (Lipinski definition) is 0. The van der Waals surface area contributed by atoms with Crippen molar-refractivity contribution in [3.63, 3.8) is 0 Å². The molecular weight excluding hydrogens is 222 g/mol. The van der Waals surface area contributed by atoms with Gasteiger partial charge in [0.1, 0.15) is 5.82 Å². The van der Waals surface area contributed by atoms with Crippen LogP contribution < -0.4 is 0 Å². The van der Waals surface area contributed by atoms with Gasteiger partial charge in [0, 0.05) is 11.8 Å². The average molecular weight is 230 g/mol. The van der Waals surface area contributed by atoms with Crippen LogP contribution in [0.5, 0.6) is 0 Å². The van der Waals surface area contributed by atoms with Gasteiger partial charge in [0.05, 0.1) is 12.5 Å². The highest BCUT2D eigenvalue weighted by Crippen LogP contribution is 2.23. The van der Waals surface area contributed by atoms with Crippen LogP contribution in [0.3, 0.4) is 0 Å². The van der Waals surface area contributed by atoms with E-state index in [2.05, 4.69) is 4.98 Å². The molecule has 2 rings (SSSR count). The fraction of sp³-hybridized carbons (Fsp3) is 0.0769. The summed E-state index contributed by atoms with van der Waals surface area (Å²) in [5, 5.41) is 8.67. The largest absolute Gasteiger partial charge is 0.228 e. The van der Waals surface area contributed by atoms with Crippen molar-refractivity contribution in [2.75, 3.05) is 0 Å². The van der Waals surface area contributed by atoms with E-state index >= 15 is 0 Å². The van der Waals surface area contributed by atoms with E-state index < -0.39 is 5.95 Å². The number of halogens is 2. The zero-order chi connectivity index (χ0) is 12.3. The molecule has 0 fully saturated rings. The molecule has 1 aromatic carbocycles. The first kappa shape index (κ1) is 11.2. The molecular formula is C13H8F2N2. The van der Waals surface area contributed by atoms with Crippen molar-refractivity contribution in [2.24, 2.45) is 0 Å². The van der Waals surface area contributed by atoms with Crippen LogP contribution in [0.4, 0.5) is 8.78 Å². The summed E-state index contributed by atoms with van der Waals surface area (Å²) in [5.41, 5.74) is 1.91. The Morgan fingerprint density at radius 3 is 2.53 bits per heavy atom. The summed E-state index contributed by atoms with van der Waals surface area (Å²) < 4.78 is 25.8. The average Bonchev–Trinajstić information content (AvgIpc) is 2.31. The molecule has 0 radical (unpaired) electrons. The fourth-order valence-electron chi connectivity index (χ4n) is 1.59. The lowest BCUT2D eigenvalue weighted by atomic mass is 10.0. The van der Waals surface area contributed by atoms with E-state index in [1.165, 1.54) is 24.4 Å². The Morgan fingerprint density at radius 1 is 1.18 bits per heavy atom. The highest BCUT2D eigenvalue weighted by molar-refractivity contribution is 5.66. The zero-order valence-electron chi connectivity index (χ0n) is 8.82. The second-order valence-corrected chi connectivity index (χ2v) is 3.51. The Hall–Kier alpha value is -2.28. The van der Waals surface area contributed by atoms with E-state index in [1.807, 2.05) is 6.07 Å². The van der Waals surface area contributed by atoms with Crippen molar-refractivity contribution in [2.45, 2.75) is 6.42 Å². The minimum Gasteiger partial charge on any atom is -0.228 e. The van der Waals surface area contributed by atoms with Crippen LogP contribution in [0, 0.1) is 23.1 Å². The molecule has 0 saturated heterocycles. The Labute approximate surface area is 97.2 Å². The first-order chi connectivity index (χ1) is 8.20. The molecule has 17 heavy (non-hydrogen) atoms. The van der Waals surface area contributed by atoms with Crippen molar-refractivity contribution in [3.8, 4) is 17.2 Å². The van der Waals surface area contributed by atoms with Gasteiger partial charge in [-0.2, -0.15) is 9.65 Å². The van der Waals surface area contributed by atoms with Crippen LogP contribution in [-0.2, 0) is 6.42 Å². The Balaban J connectivity index is 2.51. The van der Waals surface area contributed by atoms with Gasteiger partial charge >= 0.3 is 0 Å². The third-order valence-electron chi connectivity index (χ3n) is 2.38. The monoisotopic (exact) mass is 230 g/mol. The summed E-state index contributed by atoms with van der Waals surface area (Å²) in [6.45, 7) is 0. The maximum Gasteiger partial charge on any atom is 0.213 e. The Bertz CT molecular complexity index is 571. The highest BCUT2D eigenvalue weighted by atomic mass is 19.1. The summed E-state index contributed by atoms with van der Waals surface area (Å²) in [7, 11) is 0. The number of benzene rings is 1. The standard InChI is InChI=1S/C13H8F2N2/c14-11-3-1-9(2-4-11)12-8-17-13(15)7-10(12)5-6-16/h1-4,7-8H,5H2. The molecule has 1 aromatic heterocycles. The van der Waals surface area contributed by atoms with Gasteiger partial charge in [0.25, 0.3) is 0 Å². The molecule has 0 bridgehead atoms. The predicted molar refractivity (Wildman–Crippen MR) is 58.9 cm³/mol. The molecule has 0 unspecified atom stereocenters. The Kier molecular flexibility index (Phi) is 3.10. The lowest BCUT2D eigenvalue weighted by molar-refractivity contribution is 0.582. The molecule has 2 aromatic rings. The zero-order valence-corrected chi connectivity index (χ0v) is 8.82. The fourth-order valence-corrected chi connectivity index (χ4v) is 1.59. The maximum atomic E-state index is 13.0. The van der Waals surface area contributed by atoms with Gasteiger partial charge in [0.15, 0.2) is 0 Å². The molecule has 0 spiro atoms. The first-order valence-corrected chi connectivity index (χ1v) is 4.98. The normalized spacial score (nSPS) is 9.94. The molecule has 0 atom stereocenters. The van der Waals surface area contributed by atoms with Crippen LogP contribution in [0.1, 0.15) is 5.56 Å². The van der Waals surface area contributed by atoms with Crippen LogP contribution in [0.2, 0.25) is 0 Å². The molecule has 0 amide bonds. The summed E-state index contributed by atoms with van der Waals surface area (Å²) >= 11 is 0. The van der Waals surface area contributed by atoms with Gasteiger partial charge in [-0.15, -0.1) is 0 Å². The lowest BCUT2D eigenvalue weighted by Gasteiger charge is -2.06. The second-order valence-electron chi connectivity index (χ2n) is 3.51. The van der Waals surface area contributed by atoms with E-state index in [1.54, 1.807) is 12.1 Å². The van der Waals surface area contributed by atoms with E-state index in [0.29, 0.717) is 16.7 Å². The number of rotatable bonds is 2. The van der Waals surface area contributed by atoms with Crippen molar-refractivity contribution in [1.82, 2.24) is 4.98 Å². The number of pyridine rings is 1. The molecule has 0 aliphatic rings. The van der Waals surface area contributed by atoms with Gasteiger partial charge in [-0.25, -0.2) is 9.37 Å². The van der Waals surface area contributed by atoms with Crippen molar-refractivity contribution in [1.29, 1.82) is 5.26 Å². The second kappa shape index (κ2) is 4.71. The highest BCUT2D eigenvalue weighted by Gasteiger charge is 2.07. The molecule has 0 aliphatic heterocycles. The molecule has 4 heteroatoms. The summed E-state index contributed by atoms with van der Waals surface area (Å²) in [4.78, 5) is 3.55. The summed E-state index contributed by atoms with van der Waals surface area (Å²) in [5.74, 6) is -0.966. The van der Waals surface area contributed by atoms with E-state index in [0.717, 1.165) is 0 Å². The summed E-state index contributed by atoms with van der Waals surface area (Å²) in [6, 6.07) is 8.97. The molecule has 84 valence electrons. The Morgan fingerprint density at radius 2 is 1.88 bits per heavy atom. The van der Waals surface area contributed by atoms with Crippen LogP contribution >= 0.6 is 0 Å². The minimum absolute atomic E-state index is 0.0894. The maximum absolute atomic E-state index is 13.0. The van der Waals surface area contributed by atoms with Gasteiger partial charge in [-0.3, -0.25) is 0 Å². The smallest absolute Gasteiger partial charge is 0.213 e. The van der Waals surface area contributed by atoms with Gasteiger partial charge in [0.2, 0.25) is 5.95 Å². The van der Waals surface area contributed by atoms with Gasteiger partial charge < -0.3 is 0 Å². The third kappa shape index (κ3) is 2.45. The van der Waals surface area contributed by atoms with Crippen LogP contribution in [0.15, 0.2) is 36.5 Å². The molecule has 0 saturated carbocycles. The van der Waals surface area contributed by atoms with Gasteiger partial charge in [-0.05, 0) is 29.3 Å². The number of aromatic nitrogens is 1. The van der Waals surface area contributed by atoms with E-state index in [4.69, 9.17) is 5.26 Å². The molecule has 1 heterocycles. The topological polar surface area (TPSA) is 36.7 Å². The number of nitrogens with zero attached hydrogens (tertiary/aromatic N) is 2. The van der Waals surface area contributed by atoms with Crippen LogP contribution in [-0.4, -0.2) is 4.98 Å². The van der Waals surface area contributed by atoms with Crippen molar-refractivity contribution < 1.29 is 8.78 Å². The number of nitriles is 1. The van der Waals surface area contributed by atoms with Crippen LogP contribution in [0.25, 0.3) is 11.1 Å². The predicted octanol–water partition coefficient (Wildman–Crippen LogP) is 3.09. The third-order valence-corrected chi connectivity index (χ3v) is 2.38. The molecule has 0 aliphatic carbocycles. The van der Waals surface area contributed by atoms with Crippen molar-refractivity contribution >= 4 is 0 Å². The number of hydrogen-bond acceptors (Lipinski definition) is 2. The minimum atomic E-state index is -0.624. The SMILES string of the molecule is N#CCc1cc(F)ncc1-c1ccc(F)cc1. The first-order valence-electron chi connectivity index (χ1n) is 4.98. The molecule has 0 N–H and O–H groups in total. The summed E-state index contributed by atoms with van der Waals surface area (Å²) in [6.07, 6.45) is 1.45.